The third-order valence-electron chi connectivity index (χ3n) is 6.54. The van der Waals surface area contributed by atoms with E-state index in [0.29, 0.717) is 12.2 Å². The molecular weight excluding hydrogens is 398 g/mol. The number of ether oxygens (including phenoxy) is 1. The summed E-state index contributed by atoms with van der Waals surface area (Å²) in [4.78, 5) is 27.1. The predicted octanol–water partition coefficient (Wildman–Crippen LogP) is 4.75. The Balaban J connectivity index is 1.40. The molecule has 2 aromatic rings. The van der Waals surface area contributed by atoms with Crippen LogP contribution in [0.4, 0.5) is 4.79 Å². The van der Waals surface area contributed by atoms with Gasteiger partial charge in [-0.15, -0.1) is 0 Å². The molecule has 1 N–H and O–H groups in total. The topological polar surface area (TPSA) is 66.8 Å². The van der Waals surface area contributed by atoms with Gasteiger partial charge in [-0.3, -0.25) is 4.90 Å². The highest BCUT2D eigenvalue weighted by molar-refractivity contribution is 8.00. The number of nitrogens with zero attached hydrogens (tertiary/aromatic N) is 1. The molecule has 0 aromatic heterocycles. The molecule has 5 nitrogen and oxygen atoms in total. The van der Waals surface area contributed by atoms with Gasteiger partial charge in [0.15, 0.2) is 5.54 Å². The third kappa shape index (κ3) is 3.09. The summed E-state index contributed by atoms with van der Waals surface area (Å²) < 4.78 is 5.84. The molecule has 5 rings (SSSR count). The Labute approximate surface area is 180 Å². The number of hydrogen-bond donors (Lipinski definition) is 1. The molecule has 2 fully saturated rings. The SMILES string of the molecule is CC1CC(C(=O)O)(N(C(=O)OCC2c3ccccc3-c3ccccc32)C2CC2)CS1. The van der Waals surface area contributed by atoms with Crippen molar-refractivity contribution in [2.75, 3.05) is 12.4 Å². The Bertz CT molecular complexity index is 959. The maximum absolute atomic E-state index is 13.2. The first-order valence-electron chi connectivity index (χ1n) is 10.5. The molecule has 156 valence electrons. The molecular formula is C24H25NO4S. The number of carboxylic acids is 1. The molecule has 1 heterocycles. The monoisotopic (exact) mass is 423 g/mol. The van der Waals surface area contributed by atoms with Crippen molar-refractivity contribution in [3.63, 3.8) is 0 Å². The van der Waals surface area contributed by atoms with Crippen molar-refractivity contribution in [2.45, 2.75) is 48.9 Å². The first-order valence-corrected chi connectivity index (χ1v) is 11.6. The van der Waals surface area contributed by atoms with Crippen LogP contribution in [0.2, 0.25) is 0 Å². The Hall–Kier alpha value is -2.47. The van der Waals surface area contributed by atoms with E-state index in [1.807, 2.05) is 31.2 Å². The second kappa shape index (κ2) is 7.34. The molecule has 2 unspecified atom stereocenters. The van der Waals surface area contributed by atoms with Gasteiger partial charge in [0.2, 0.25) is 0 Å². The van der Waals surface area contributed by atoms with Crippen molar-refractivity contribution >= 4 is 23.8 Å². The van der Waals surface area contributed by atoms with Gasteiger partial charge in [0.1, 0.15) is 6.61 Å². The summed E-state index contributed by atoms with van der Waals surface area (Å²) in [6, 6.07) is 16.4. The van der Waals surface area contributed by atoms with E-state index < -0.39 is 17.6 Å². The van der Waals surface area contributed by atoms with E-state index in [1.54, 1.807) is 16.7 Å². The minimum atomic E-state index is -1.16. The smallest absolute Gasteiger partial charge is 0.411 e. The Morgan fingerprint density at radius 2 is 1.70 bits per heavy atom. The Morgan fingerprint density at radius 1 is 1.10 bits per heavy atom. The summed E-state index contributed by atoms with van der Waals surface area (Å²) in [6.45, 7) is 2.24. The van der Waals surface area contributed by atoms with E-state index in [4.69, 9.17) is 4.74 Å². The van der Waals surface area contributed by atoms with Gasteiger partial charge in [-0.25, -0.2) is 9.59 Å². The molecule has 3 aliphatic rings. The first-order chi connectivity index (χ1) is 14.5. The highest BCUT2D eigenvalue weighted by atomic mass is 32.2. The lowest BCUT2D eigenvalue weighted by atomic mass is 9.94. The van der Waals surface area contributed by atoms with E-state index in [1.165, 1.54) is 11.1 Å². The van der Waals surface area contributed by atoms with Crippen LogP contribution in [-0.4, -0.2) is 51.3 Å². The number of benzene rings is 2. The van der Waals surface area contributed by atoms with Crippen LogP contribution in [0.1, 0.15) is 43.2 Å². The zero-order chi connectivity index (χ0) is 20.9. The van der Waals surface area contributed by atoms with Crippen LogP contribution >= 0.6 is 11.8 Å². The fraction of sp³-hybridized carbons (Fsp3) is 0.417. The minimum absolute atomic E-state index is 0.0253. The van der Waals surface area contributed by atoms with Crippen molar-refractivity contribution in [2.24, 2.45) is 0 Å². The molecule has 2 atom stereocenters. The molecule has 1 saturated carbocycles. The summed E-state index contributed by atoms with van der Waals surface area (Å²) in [5, 5.41) is 10.3. The Kier molecular flexibility index (Phi) is 4.77. The van der Waals surface area contributed by atoms with Crippen LogP contribution in [0.3, 0.4) is 0 Å². The van der Waals surface area contributed by atoms with E-state index in [0.717, 1.165) is 24.0 Å². The number of thioether (sulfide) groups is 1. The zero-order valence-corrected chi connectivity index (χ0v) is 17.7. The number of rotatable bonds is 5. The standard InChI is InChI=1S/C24H25NO4S/c1-15-12-24(14-30-15,22(26)27)25(16-10-11-16)23(28)29-13-21-19-8-4-2-6-17(19)18-7-3-5-9-20(18)21/h2-9,15-16,21H,10-14H2,1H3,(H,26,27). The van der Waals surface area contributed by atoms with Crippen molar-refractivity contribution in [3.8, 4) is 11.1 Å². The molecule has 30 heavy (non-hydrogen) atoms. The molecule has 1 aliphatic heterocycles. The largest absolute Gasteiger partial charge is 0.479 e. The van der Waals surface area contributed by atoms with Crippen LogP contribution in [0.25, 0.3) is 11.1 Å². The van der Waals surface area contributed by atoms with E-state index in [9.17, 15) is 14.7 Å². The van der Waals surface area contributed by atoms with Gasteiger partial charge in [-0.2, -0.15) is 11.8 Å². The summed E-state index contributed by atoms with van der Waals surface area (Å²) in [6.07, 6.45) is 1.67. The average molecular weight is 424 g/mol. The van der Waals surface area contributed by atoms with Gasteiger partial charge in [-0.1, -0.05) is 55.5 Å². The number of carbonyl (C=O) groups is 2. The lowest BCUT2D eigenvalue weighted by Crippen LogP contribution is -2.58. The summed E-state index contributed by atoms with van der Waals surface area (Å²) in [5.74, 6) is -0.524. The molecule has 0 radical (unpaired) electrons. The zero-order valence-electron chi connectivity index (χ0n) is 16.9. The number of carboxylic acid groups (broad SMARTS) is 1. The van der Waals surface area contributed by atoms with E-state index >= 15 is 0 Å². The van der Waals surface area contributed by atoms with Crippen LogP contribution in [0.15, 0.2) is 48.5 Å². The average Bonchev–Trinajstić information content (AvgIpc) is 3.41. The normalized spacial score (nSPS) is 24.9. The van der Waals surface area contributed by atoms with Crippen molar-refractivity contribution < 1.29 is 19.4 Å². The molecule has 1 amide bonds. The third-order valence-corrected chi connectivity index (χ3v) is 7.92. The van der Waals surface area contributed by atoms with E-state index in [-0.39, 0.29) is 23.8 Å². The van der Waals surface area contributed by atoms with E-state index in [2.05, 4.69) is 24.3 Å². The number of fused-ring (bicyclic) bond motifs is 3. The maximum Gasteiger partial charge on any atom is 0.411 e. The van der Waals surface area contributed by atoms with Crippen LogP contribution in [-0.2, 0) is 9.53 Å². The molecule has 2 aromatic carbocycles. The molecule has 2 aliphatic carbocycles. The van der Waals surface area contributed by atoms with Gasteiger partial charge in [0.25, 0.3) is 0 Å². The van der Waals surface area contributed by atoms with Crippen LogP contribution in [0.5, 0.6) is 0 Å². The molecule has 1 saturated heterocycles. The van der Waals surface area contributed by atoms with Crippen LogP contribution in [0, 0.1) is 0 Å². The number of carbonyl (C=O) groups excluding carboxylic acids is 1. The summed E-state index contributed by atoms with van der Waals surface area (Å²) >= 11 is 1.62. The second-order valence-electron chi connectivity index (χ2n) is 8.57. The van der Waals surface area contributed by atoms with Crippen LogP contribution < -0.4 is 0 Å². The van der Waals surface area contributed by atoms with Gasteiger partial charge < -0.3 is 9.84 Å². The maximum atomic E-state index is 13.2. The van der Waals surface area contributed by atoms with Crippen molar-refractivity contribution in [1.29, 1.82) is 0 Å². The number of amides is 1. The minimum Gasteiger partial charge on any atom is -0.479 e. The van der Waals surface area contributed by atoms with Gasteiger partial charge in [-0.05, 0) is 41.5 Å². The predicted molar refractivity (Wildman–Crippen MR) is 117 cm³/mol. The first kappa shape index (κ1) is 19.5. The quantitative estimate of drug-likeness (QED) is 0.752. The van der Waals surface area contributed by atoms with Gasteiger partial charge in [0.05, 0.1) is 0 Å². The number of aliphatic carboxylic acids is 1. The van der Waals surface area contributed by atoms with Gasteiger partial charge in [0, 0.05) is 23.0 Å². The summed E-state index contributed by atoms with van der Waals surface area (Å²) in [7, 11) is 0. The Morgan fingerprint density at radius 3 is 2.20 bits per heavy atom. The lowest BCUT2D eigenvalue weighted by Gasteiger charge is -2.37. The molecule has 6 heteroatoms. The fourth-order valence-electron chi connectivity index (χ4n) is 4.96. The van der Waals surface area contributed by atoms with Crippen molar-refractivity contribution in [3.05, 3.63) is 59.7 Å². The summed E-state index contributed by atoms with van der Waals surface area (Å²) in [5.41, 5.74) is 3.51. The highest BCUT2D eigenvalue weighted by Gasteiger charge is 2.56. The van der Waals surface area contributed by atoms with Gasteiger partial charge >= 0.3 is 12.1 Å². The second-order valence-corrected chi connectivity index (χ2v) is 9.99. The molecule has 0 bridgehead atoms. The number of hydrogen-bond acceptors (Lipinski definition) is 4. The molecule has 0 spiro atoms. The highest BCUT2D eigenvalue weighted by Crippen LogP contribution is 2.46. The lowest BCUT2D eigenvalue weighted by molar-refractivity contribution is -0.149. The van der Waals surface area contributed by atoms with Crippen molar-refractivity contribution in [1.82, 2.24) is 4.90 Å². The fourth-order valence-corrected chi connectivity index (χ4v) is 6.30.